The molecule has 6 nitrogen and oxygen atoms in total. The molecule has 2 aliphatic heterocycles. The van der Waals surface area contributed by atoms with E-state index in [1.807, 2.05) is 30.3 Å². The van der Waals surface area contributed by atoms with Crippen LogP contribution in [0.1, 0.15) is 18.4 Å². The first kappa shape index (κ1) is 16.3. The molecule has 0 bridgehead atoms. The fraction of sp³-hybridized carbons (Fsp3) is 0.333. The van der Waals surface area contributed by atoms with Crippen LogP contribution in [0.4, 0.5) is 0 Å². The predicted molar refractivity (Wildman–Crippen MR) is 85.3 cm³/mol. The molecular weight excluding hydrogens is 310 g/mol. The maximum absolute atomic E-state index is 12.9. The highest BCUT2D eigenvalue weighted by molar-refractivity contribution is 5.95. The summed E-state index contributed by atoms with van der Waals surface area (Å²) < 4.78 is 11.1. The molecule has 2 heterocycles. The molecule has 2 fully saturated rings. The van der Waals surface area contributed by atoms with Gasteiger partial charge in [0.15, 0.2) is 6.23 Å². The summed E-state index contributed by atoms with van der Waals surface area (Å²) in [6.45, 7) is 3.48. The van der Waals surface area contributed by atoms with Gasteiger partial charge < -0.3 is 14.6 Å². The van der Waals surface area contributed by atoms with Crippen molar-refractivity contribution in [2.45, 2.75) is 31.2 Å². The number of benzene rings is 1. The summed E-state index contributed by atoms with van der Waals surface area (Å²) >= 11 is 0. The third kappa shape index (κ3) is 2.49. The zero-order valence-electron chi connectivity index (χ0n) is 13.2. The first-order valence-corrected chi connectivity index (χ1v) is 7.76. The van der Waals surface area contributed by atoms with Gasteiger partial charge in [-0.1, -0.05) is 36.4 Å². The van der Waals surface area contributed by atoms with Crippen LogP contribution in [-0.4, -0.2) is 40.3 Å². The van der Waals surface area contributed by atoms with Crippen LogP contribution in [0.25, 0.3) is 0 Å². The van der Waals surface area contributed by atoms with E-state index < -0.39 is 17.7 Å². The molecule has 0 aliphatic carbocycles. The van der Waals surface area contributed by atoms with Crippen LogP contribution in [0.15, 0.2) is 54.8 Å². The number of nitrogens with zero attached hydrogens (tertiary/aromatic N) is 1. The van der Waals surface area contributed by atoms with Crippen LogP contribution in [0.5, 0.6) is 0 Å². The third-order valence-corrected chi connectivity index (χ3v) is 4.25. The number of hydrogen-bond acceptors (Lipinski definition) is 5. The van der Waals surface area contributed by atoms with Crippen LogP contribution in [-0.2, 0) is 25.7 Å². The first-order valence-electron chi connectivity index (χ1n) is 7.76. The summed E-state index contributed by atoms with van der Waals surface area (Å²) in [6, 6.07) is 9.28. The average Bonchev–Trinajstić information content (AvgIpc) is 2.83. The van der Waals surface area contributed by atoms with E-state index in [4.69, 9.17) is 9.47 Å². The van der Waals surface area contributed by atoms with Crippen molar-refractivity contribution in [2.24, 2.45) is 0 Å². The number of β-lactam (4-membered cyclic amide) rings is 1. The molecule has 0 radical (unpaired) electrons. The van der Waals surface area contributed by atoms with E-state index in [2.05, 4.69) is 6.58 Å². The fourth-order valence-corrected chi connectivity index (χ4v) is 3.14. The van der Waals surface area contributed by atoms with Crippen LogP contribution < -0.4 is 0 Å². The van der Waals surface area contributed by atoms with E-state index in [1.54, 1.807) is 6.08 Å². The number of fused-ring (bicyclic) bond motifs is 1. The zero-order valence-corrected chi connectivity index (χ0v) is 13.2. The number of carbonyl (C=O) groups is 2. The van der Waals surface area contributed by atoms with E-state index in [0.29, 0.717) is 0 Å². The van der Waals surface area contributed by atoms with Crippen LogP contribution >= 0.6 is 0 Å². The van der Waals surface area contributed by atoms with Crippen molar-refractivity contribution < 1.29 is 24.2 Å². The lowest BCUT2D eigenvalue weighted by Crippen LogP contribution is -2.62. The third-order valence-electron chi connectivity index (χ3n) is 4.25. The Morgan fingerprint density at radius 3 is 2.83 bits per heavy atom. The molecule has 2 atom stereocenters. The molecule has 3 rings (SSSR count). The lowest BCUT2D eigenvalue weighted by Gasteiger charge is -2.40. The lowest BCUT2D eigenvalue weighted by molar-refractivity contribution is -0.174. The minimum Gasteiger partial charge on any atom is -0.471 e. The van der Waals surface area contributed by atoms with E-state index in [1.165, 1.54) is 11.0 Å². The highest BCUT2D eigenvalue weighted by atomic mass is 16.6. The van der Waals surface area contributed by atoms with Gasteiger partial charge in [0.25, 0.3) is 0 Å². The molecule has 0 spiro atoms. The van der Waals surface area contributed by atoms with Crippen molar-refractivity contribution in [3.05, 3.63) is 60.4 Å². The summed E-state index contributed by atoms with van der Waals surface area (Å²) in [5.41, 5.74) is -0.531. The van der Waals surface area contributed by atoms with Crippen LogP contribution in [0.2, 0.25) is 0 Å². The summed E-state index contributed by atoms with van der Waals surface area (Å²) in [4.78, 5) is 26.3. The Balaban J connectivity index is 1.88. The van der Waals surface area contributed by atoms with Crippen molar-refractivity contribution in [3.8, 4) is 0 Å². The van der Waals surface area contributed by atoms with Gasteiger partial charge in [0.05, 0.1) is 13.0 Å². The van der Waals surface area contributed by atoms with E-state index in [-0.39, 0.29) is 37.7 Å². The Labute approximate surface area is 140 Å². The predicted octanol–water partition coefficient (Wildman–Crippen LogP) is 1.51. The quantitative estimate of drug-likeness (QED) is 0.486. The molecule has 6 heteroatoms. The van der Waals surface area contributed by atoms with Crippen molar-refractivity contribution in [3.63, 3.8) is 0 Å². The minimum atomic E-state index is -1.38. The van der Waals surface area contributed by atoms with E-state index >= 15 is 0 Å². The molecule has 24 heavy (non-hydrogen) atoms. The van der Waals surface area contributed by atoms with Gasteiger partial charge in [0.1, 0.15) is 12.4 Å². The Morgan fingerprint density at radius 1 is 1.46 bits per heavy atom. The van der Waals surface area contributed by atoms with Crippen molar-refractivity contribution >= 4 is 11.9 Å². The minimum absolute atomic E-state index is 0.0949. The zero-order chi connectivity index (χ0) is 17.2. The van der Waals surface area contributed by atoms with Gasteiger partial charge in [-0.2, -0.15) is 0 Å². The SMILES string of the molecule is C=CCC1(C(=O)OCc2ccccc2)C(=CCO)O[C@@H]2CC(=O)N21. The van der Waals surface area contributed by atoms with Gasteiger partial charge in [-0.15, -0.1) is 6.58 Å². The number of aliphatic hydroxyl groups excluding tert-OH is 1. The second kappa shape index (κ2) is 6.49. The number of esters is 1. The molecule has 0 aromatic heterocycles. The van der Waals surface area contributed by atoms with Gasteiger partial charge in [-0.25, -0.2) is 4.79 Å². The van der Waals surface area contributed by atoms with Crippen LogP contribution in [0, 0.1) is 0 Å². The van der Waals surface area contributed by atoms with Crippen molar-refractivity contribution in [1.29, 1.82) is 0 Å². The summed E-state index contributed by atoms with van der Waals surface area (Å²) in [7, 11) is 0. The molecule has 2 aliphatic rings. The second-order valence-electron chi connectivity index (χ2n) is 5.71. The molecule has 1 unspecified atom stereocenters. The highest BCUT2D eigenvalue weighted by Gasteiger charge is 2.64. The number of carbonyl (C=O) groups excluding carboxylic acids is 2. The lowest BCUT2D eigenvalue weighted by atomic mass is 9.88. The van der Waals surface area contributed by atoms with E-state index in [0.717, 1.165) is 5.56 Å². The largest absolute Gasteiger partial charge is 0.471 e. The average molecular weight is 329 g/mol. The maximum atomic E-state index is 12.9. The number of ether oxygens (including phenoxy) is 2. The fourth-order valence-electron chi connectivity index (χ4n) is 3.14. The summed E-state index contributed by atoms with van der Waals surface area (Å²) in [6.07, 6.45) is 2.84. The molecule has 1 N–H and O–H groups in total. The Bertz CT molecular complexity index is 684. The first-order chi connectivity index (χ1) is 11.6. The molecule has 1 aromatic rings. The molecule has 2 saturated heterocycles. The molecular formula is C18H19NO5. The molecule has 1 amide bonds. The number of amides is 1. The van der Waals surface area contributed by atoms with Gasteiger partial charge in [0, 0.05) is 6.42 Å². The summed E-state index contributed by atoms with van der Waals surface area (Å²) in [5, 5.41) is 9.24. The van der Waals surface area contributed by atoms with Crippen molar-refractivity contribution in [1.82, 2.24) is 4.90 Å². The maximum Gasteiger partial charge on any atom is 0.340 e. The molecule has 1 aromatic carbocycles. The topological polar surface area (TPSA) is 76.1 Å². The summed E-state index contributed by atoms with van der Waals surface area (Å²) in [5.74, 6) is -0.514. The van der Waals surface area contributed by atoms with Crippen LogP contribution in [0.3, 0.4) is 0 Å². The standard InChI is InChI=1S/C18H19NO5/c1-2-9-18(17(22)23-12-13-6-4-3-5-7-13)14(8-10-20)24-16-11-15(21)19(16)18/h2-8,16,20H,1,9-12H2/t16-,18?/m1/s1. The van der Waals surface area contributed by atoms with Gasteiger partial charge in [-0.3, -0.25) is 9.69 Å². The molecule has 0 saturated carbocycles. The van der Waals surface area contributed by atoms with Gasteiger partial charge in [-0.05, 0) is 11.6 Å². The smallest absolute Gasteiger partial charge is 0.340 e. The normalized spacial score (nSPS) is 26.5. The van der Waals surface area contributed by atoms with Gasteiger partial charge in [0.2, 0.25) is 11.4 Å². The van der Waals surface area contributed by atoms with E-state index in [9.17, 15) is 14.7 Å². The second-order valence-corrected chi connectivity index (χ2v) is 5.71. The molecule has 126 valence electrons. The van der Waals surface area contributed by atoms with Gasteiger partial charge >= 0.3 is 5.97 Å². The Hall–Kier alpha value is -2.60. The Kier molecular flexibility index (Phi) is 4.40. The highest BCUT2D eigenvalue weighted by Crippen LogP contribution is 2.46. The van der Waals surface area contributed by atoms with Crippen molar-refractivity contribution in [2.75, 3.05) is 6.61 Å². The monoisotopic (exact) mass is 329 g/mol. The Morgan fingerprint density at radius 2 is 2.21 bits per heavy atom. The number of rotatable bonds is 6. The number of hydrogen-bond donors (Lipinski definition) is 1. The number of aliphatic hydroxyl groups is 1.